The number of rotatable bonds is 3. The van der Waals surface area contributed by atoms with E-state index in [1.165, 1.54) is 0 Å². The first-order valence-electron chi connectivity index (χ1n) is 8.72. The fraction of sp³-hybridized carbons (Fsp3) is 0.0909. The summed E-state index contributed by atoms with van der Waals surface area (Å²) >= 11 is 18.3. The van der Waals surface area contributed by atoms with Crippen molar-refractivity contribution in [1.29, 1.82) is 0 Å². The summed E-state index contributed by atoms with van der Waals surface area (Å²) in [6.07, 6.45) is 1.59. The van der Waals surface area contributed by atoms with Gasteiger partial charge in [0.25, 0.3) is 0 Å². The molecule has 4 aromatic rings. The first-order valence-corrected chi connectivity index (χ1v) is 9.85. The molecule has 0 bridgehead atoms. The molecule has 146 valence electrons. The number of phenols is 1. The van der Waals surface area contributed by atoms with Crippen molar-refractivity contribution in [2.75, 3.05) is 0 Å². The predicted octanol–water partition coefficient (Wildman–Crippen LogP) is 7.53. The molecular weight excluding hydrogens is 431 g/mol. The third kappa shape index (κ3) is 3.84. The largest absolute Gasteiger partial charge is 0.507 e. The van der Waals surface area contributed by atoms with Crippen molar-refractivity contribution in [1.82, 2.24) is 4.98 Å². The third-order valence-electron chi connectivity index (χ3n) is 4.59. The minimum Gasteiger partial charge on any atom is -0.507 e. The van der Waals surface area contributed by atoms with E-state index in [9.17, 15) is 5.11 Å². The van der Waals surface area contributed by atoms with E-state index in [-0.39, 0.29) is 5.75 Å². The lowest BCUT2D eigenvalue weighted by atomic mass is 10.0. The molecule has 0 fully saturated rings. The number of aliphatic imine (C=N–C) groups is 1. The molecule has 0 unspecified atom stereocenters. The number of fused-ring (bicyclic) bond motifs is 1. The Hall–Kier alpha value is -2.53. The normalized spacial score (nSPS) is 11.6. The van der Waals surface area contributed by atoms with Crippen LogP contribution < -0.4 is 0 Å². The van der Waals surface area contributed by atoms with E-state index < -0.39 is 0 Å². The standard InChI is InChI=1S/C22H15Cl3N2O2/c1-11-7-19(28)15(12(2)21(11)25)10-26-14-4-6-20-18(9-14)27-22(29-20)13-3-5-16(23)17(24)8-13/h3-10,28H,1-2H3. The van der Waals surface area contributed by atoms with Crippen molar-refractivity contribution in [3.8, 4) is 17.2 Å². The Morgan fingerprint density at radius 3 is 2.55 bits per heavy atom. The molecule has 7 heteroatoms. The maximum atomic E-state index is 10.2. The van der Waals surface area contributed by atoms with Gasteiger partial charge in [-0.1, -0.05) is 34.8 Å². The second-order valence-corrected chi connectivity index (χ2v) is 7.82. The smallest absolute Gasteiger partial charge is 0.227 e. The molecule has 1 heterocycles. The van der Waals surface area contributed by atoms with E-state index in [1.54, 1.807) is 42.6 Å². The van der Waals surface area contributed by atoms with E-state index >= 15 is 0 Å². The average Bonchev–Trinajstić information content (AvgIpc) is 3.11. The van der Waals surface area contributed by atoms with Gasteiger partial charge in [0, 0.05) is 22.4 Å². The lowest BCUT2D eigenvalue weighted by Gasteiger charge is -2.08. The predicted molar refractivity (Wildman–Crippen MR) is 119 cm³/mol. The van der Waals surface area contributed by atoms with Crippen LogP contribution in [0.15, 0.2) is 51.9 Å². The van der Waals surface area contributed by atoms with Crippen LogP contribution in [0, 0.1) is 13.8 Å². The van der Waals surface area contributed by atoms with Crippen LogP contribution in [-0.2, 0) is 0 Å². The van der Waals surface area contributed by atoms with Crippen molar-refractivity contribution in [3.05, 3.63) is 74.2 Å². The lowest BCUT2D eigenvalue weighted by Crippen LogP contribution is -1.92. The molecule has 4 nitrogen and oxygen atoms in total. The molecular formula is C22H15Cl3N2O2. The van der Waals surface area contributed by atoms with Gasteiger partial charge in [0.2, 0.25) is 5.89 Å². The highest BCUT2D eigenvalue weighted by Crippen LogP contribution is 2.32. The molecule has 4 rings (SSSR count). The maximum absolute atomic E-state index is 10.2. The number of aromatic hydroxyl groups is 1. The van der Waals surface area contributed by atoms with Crippen LogP contribution in [-0.4, -0.2) is 16.3 Å². The Bertz CT molecular complexity index is 1280. The zero-order valence-electron chi connectivity index (χ0n) is 15.5. The zero-order valence-corrected chi connectivity index (χ0v) is 17.8. The summed E-state index contributed by atoms with van der Waals surface area (Å²) in [7, 11) is 0. The Morgan fingerprint density at radius 1 is 1.00 bits per heavy atom. The molecule has 0 amide bonds. The number of aryl methyl sites for hydroxylation is 1. The Labute approximate surface area is 182 Å². The van der Waals surface area contributed by atoms with Gasteiger partial charge in [-0.15, -0.1) is 0 Å². The summed E-state index contributed by atoms with van der Waals surface area (Å²) in [5.41, 5.74) is 4.86. The Balaban J connectivity index is 1.69. The minimum atomic E-state index is 0.137. The summed E-state index contributed by atoms with van der Waals surface area (Å²) in [6.45, 7) is 3.70. The van der Waals surface area contributed by atoms with E-state index in [0.29, 0.717) is 43.3 Å². The topological polar surface area (TPSA) is 58.6 Å². The van der Waals surface area contributed by atoms with E-state index in [2.05, 4.69) is 9.98 Å². The van der Waals surface area contributed by atoms with Gasteiger partial charge < -0.3 is 9.52 Å². The quantitative estimate of drug-likeness (QED) is 0.332. The van der Waals surface area contributed by atoms with Gasteiger partial charge in [-0.2, -0.15) is 0 Å². The van der Waals surface area contributed by atoms with Crippen molar-refractivity contribution in [2.24, 2.45) is 4.99 Å². The average molecular weight is 446 g/mol. The first kappa shape index (κ1) is 19.8. The van der Waals surface area contributed by atoms with Crippen LogP contribution in [0.5, 0.6) is 5.75 Å². The second-order valence-electron chi connectivity index (χ2n) is 6.62. The number of halogens is 3. The molecule has 0 atom stereocenters. The molecule has 0 aliphatic heterocycles. The molecule has 0 saturated carbocycles. The monoisotopic (exact) mass is 444 g/mol. The highest BCUT2D eigenvalue weighted by molar-refractivity contribution is 6.42. The van der Waals surface area contributed by atoms with Crippen LogP contribution in [0.4, 0.5) is 5.69 Å². The summed E-state index contributed by atoms with van der Waals surface area (Å²) in [6, 6.07) is 12.2. The zero-order chi connectivity index (χ0) is 20.7. The molecule has 0 radical (unpaired) electrons. The number of benzene rings is 3. The van der Waals surface area contributed by atoms with E-state index in [1.807, 2.05) is 19.9 Å². The fourth-order valence-corrected chi connectivity index (χ4v) is 3.46. The van der Waals surface area contributed by atoms with E-state index in [4.69, 9.17) is 39.2 Å². The lowest BCUT2D eigenvalue weighted by molar-refractivity contribution is 0.473. The number of hydrogen-bond donors (Lipinski definition) is 1. The van der Waals surface area contributed by atoms with Crippen molar-refractivity contribution >= 4 is 57.8 Å². The summed E-state index contributed by atoms with van der Waals surface area (Å²) in [5.74, 6) is 0.580. The van der Waals surface area contributed by atoms with Gasteiger partial charge in [-0.05, 0) is 67.4 Å². The summed E-state index contributed by atoms with van der Waals surface area (Å²) < 4.78 is 5.81. The molecule has 3 aromatic carbocycles. The SMILES string of the molecule is Cc1cc(O)c(C=Nc2ccc3oc(-c4ccc(Cl)c(Cl)c4)nc3c2)c(C)c1Cl. The van der Waals surface area contributed by atoms with Crippen LogP contribution in [0.2, 0.25) is 15.1 Å². The van der Waals surface area contributed by atoms with Gasteiger partial charge in [0.05, 0.1) is 15.7 Å². The van der Waals surface area contributed by atoms with Crippen molar-refractivity contribution in [3.63, 3.8) is 0 Å². The van der Waals surface area contributed by atoms with Gasteiger partial charge in [-0.25, -0.2) is 4.98 Å². The molecule has 29 heavy (non-hydrogen) atoms. The van der Waals surface area contributed by atoms with Gasteiger partial charge >= 0.3 is 0 Å². The molecule has 0 aliphatic rings. The van der Waals surface area contributed by atoms with Gasteiger partial charge in [0.1, 0.15) is 11.3 Å². The highest BCUT2D eigenvalue weighted by atomic mass is 35.5. The van der Waals surface area contributed by atoms with Crippen LogP contribution in [0.1, 0.15) is 16.7 Å². The highest BCUT2D eigenvalue weighted by Gasteiger charge is 2.12. The first-order chi connectivity index (χ1) is 13.8. The molecule has 0 saturated heterocycles. The Kier molecular flexibility index (Phi) is 5.26. The fourth-order valence-electron chi connectivity index (χ4n) is 3.00. The van der Waals surface area contributed by atoms with Gasteiger partial charge in [0.15, 0.2) is 5.58 Å². The van der Waals surface area contributed by atoms with Crippen molar-refractivity contribution in [2.45, 2.75) is 13.8 Å². The number of oxazole rings is 1. The number of hydrogen-bond acceptors (Lipinski definition) is 4. The van der Waals surface area contributed by atoms with Crippen LogP contribution in [0.25, 0.3) is 22.6 Å². The summed E-state index contributed by atoms with van der Waals surface area (Å²) in [4.78, 5) is 8.98. The number of aromatic nitrogens is 1. The molecule has 0 aliphatic carbocycles. The minimum absolute atomic E-state index is 0.137. The number of phenolic OH excluding ortho intramolecular Hbond substituents is 1. The van der Waals surface area contributed by atoms with E-state index in [0.717, 1.165) is 16.7 Å². The Morgan fingerprint density at radius 2 is 1.79 bits per heavy atom. The van der Waals surface area contributed by atoms with Gasteiger partial charge in [-0.3, -0.25) is 4.99 Å². The second kappa shape index (κ2) is 7.71. The van der Waals surface area contributed by atoms with Crippen molar-refractivity contribution < 1.29 is 9.52 Å². The maximum Gasteiger partial charge on any atom is 0.227 e. The number of nitrogens with zero attached hydrogens (tertiary/aromatic N) is 2. The summed E-state index contributed by atoms with van der Waals surface area (Å²) in [5, 5.41) is 11.7. The van der Waals surface area contributed by atoms with Crippen LogP contribution in [0.3, 0.4) is 0 Å². The van der Waals surface area contributed by atoms with Crippen LogP contribution >= 0.6 is 34.8 Å². The molecule has 1 N–H and O–H groups in total. The third-order valence-corrected chi connectivity index (χ3v) is 5.91. The molecule has 1 aromatic heterocycles. The molecule has 0 spiro atoms.